The fourth-order valence-corrected chi connectivity index (χ4v) is 2.07. The van der Waals surface area contributed by atoms with Crippen LogP contribution in [0.25, 0.3) is 11.1 Å². The van der Waals surface area contributed by atoms with E-state index in [0.717, 1.165) is 6.54 Å². The molecule has 0 atom stereocenters. The zero-order valence-electron chi connectivity index (χ0n) is 10.0. The molecule has 0 unspecified atom stereocenters. The van der Waals surface area contributed by atoms with Gasteiger partial charge in [-0.3, -0.25) is 0 Å². The van der Waals surface area contributed by atoms with Crippen LogP contribution >= 0.6 is 0 Å². The van der Waals surface area contributed by atoms with Crippen molar-refractivity contribution in [2.24, 2.45) is 0 Å². The van der Waals surface area contributed by atoms with E-state index in [1.165, 1.54) is 16.7 Å². The highest BCUT2D eigenvalue weighted by Crippen LogP contribution is 2.20. The lowest BCUT2D eigenvalue weighted by atomic mass is 10.0. The van der Waals surface area contributed by atoms with Crippen LogP contribution in [-0.4, -0.2) is 9.55 Å². The summed E-state index contributed by atoms with van der Waals surface area (Å²) in [6.07, 6.45) is 5.63. The Labute approximate surface area is 107 Å². The highest BCUT2D eigenvalue weighted by molar-refractivity contribution is 5.63. The van der Waals surface area contributed by atoms with Gasteiger partial charge in [-0.25, -0.2) is 4.98 Å². The predicted octanol–water partition coefficient (Wildman–Crippen LogP) is 3.60. The normalized spacial score (nSPS) is 10.4. The average molecular weight is 234 g/mol. The van der Waals surface area contributed by atoms with Crippen molar-refractivity contribution in [3.05, 3.63) is 78.9 Å². The van der Waals surface area contributed by atoms with E-state index in [2.05, 4.69) is 58.1 Å². The third-order valence-corrected chi connectivity index (χ3v) is 2.96. The van der Waals surface area contributed by atoms with Crippen molar-refractivity contribution in [3.63, 3.8) is 0 Å². The fourth-order valence-electron chi connectivity index (χ4n) is 2.07. The van der Waals surface area contributed by atoms with Gasteiger partial charge in [-0.05, 0) is 22.8 Å². The number of benzene rings is 2. The fraction of sp³-hybridized carbons (Fsp3) is 0.0625. The molecule has 88 valence electrons. The van der Waals surface area contributed by atoms with E-state index in [0.29, 0.717) is 0 Å². The summed E-state index contributed by atoms with van der Waals surface area (Å²) in [6.45, 7) is 0.862. The summed E-state index contributed by atoms with van der Waals surface area (Å²) in [6, 6.07) is 19.1. The molecule has 0 aliphatic heterocycles. The lowest BCUT2D eigenvalue weighted by Crippen LogP contribution is -1.96. The van der Waals surface area contributed by atoms with Crippen LogP contribution in [0.15, 0.2) is 73.3 Å². The zero-order valence-corrected chi connectivity index (χ0v) is 10.0. The third-order valence-electron chi connectivity index (χ3n) is 2.96. The Hall–Kier alpha value is -2.35. The van der Waals surface area contributed by atoms with Crippen LogP contribution in [0.3, 0.4) is 0 Å². The zero-order chi connectivity index (χ0) is 12.2. The number of rotatable bonds is 3. The second kappa shape index (κ2) is 4.88. The molecule has 1 heterocycles. The molecule has 2 heteroatoms. The highest BCUT2D eigenvalue weighted by Gasteiger charge is 1.99. The van der Waals surface area contributed by atoms with E-state index in [1.807, 2.05) is 18.6 Å². The maximum Gasteiger partial charge on any atom is 0.0949 e. The molecule has 0 radical (unpaired) electrons. The van der Waals surface area contributed by atoms with Crippen LogP contribution in [0.4, 0.5) is 0 Å². The summed E-state index contributed by atoms with van der Waals surface area (Å²) in [5.74, 6) is 0. The molecule has 3 aromatic rings. The minimum Gasteiger partial charge on any atom is -0.333 e. The lowest BCUT2D eigenvalue weighted by molar-refractivity contribution is 0.797. The maximum absolute atomic E-state index is 4.06. The minimum atomic E-state index is 0.862. The number of hydrogen-bond donors (Lipinski definition) is 0. The summed E-state index contributed by atoms with van der Waals surface area (Å²) >= 11 is 0. The molecule has 0 aliphatic carbocycles. The maximum atomic E-state index is 4.06. The monoisotopic (exact) mass is 234 g/mol. The molecule has 0 aliphatic rings. The SMILES string of the molecule is c1ccc(-c2cccc(Cn3ccnc3)c2)cc1. The van der Waals surface area contributed by atoms with Gasteiger partial charge >= 0.3 is 0 Å². The first-order valence-electron chi connectivity index (χ1n) is 6.02. The van der Waals surface area contributed by atoms with Gasteiger partial charge in [0.15, 0.2) is 0 Å². The smallest absolute Gasteiger partial charge is 0.0949 e. The molecule has 0 saturated heterocycles. The molecule has 0 N–H and O–H groups in total. The van der Waals surface area contributed by atoms with Crippen molar-refractivity contribution in [1.29, 1.82) is 0 Å². The quantitative estimate of drug-likeness (QED) is 0.677. The van der Waals surface area contributed by atoms with Gasteiger partial charge in [0.05, 0.1) is 6.33 Å². The van der Waals surface area contributed by atoms with Gasteiger partial charge in [0, 0.05) is 18.9 Å². The Bertz CT molecular complexity index is 613. The van der Waals surface area contributed by atoms with Gasteiger partial charge in [0.2, 0.25) is 0 Å². The highest BCUT2D eigenvalue weighted by atomic mass is 15.0. The number of nitrogens with zero attached hydrogens (tertiary/aromatic N) is 2. The molecule has 3 rings (SSSR count). The van der Waals surface area contributed by atoms with E-state index in [9.17, 15) is 0 Å². The largest absolute Gasteiger partial charge is 0.333 e. The van der Waals surface area contributed by atoms with E-state index in [-0.39, 0.29) is 0 Å². The molecule has 0 saturated carbocycles. The van der Waals surface area contributed by atoms with Crippen molar-refractivity contribution in [1.82, 2.24) is 9.55 Å². The van der Waals surface area contributed by atoms with Crippen LogP contribution in [0.2, 0.25) is 0 Å². The van der Waals surface area contributed by atoms with Gasteiger partial charge in [0.25, 0.3) is 0 Å². The van der Waals surface area contributed by atoms with Crippen LogP contribution in [-0.2, 0) is 6.54 Å². The number of hydrogen-bond acceptors (Lipinski definition) is 1. The van der Waals surface area contributed by atoms with Crippen molar-refractivity contribution in [2.75, 3.05) is 0 Å². The van der Waals surface area contributed by atoms with Crippen LogP contribution < -0.4 is 0 Å². The Morgan fingerprint density at radius 1 is 0.889 bits per heavy atom. The molecule has 2 nitrogen and oxygen atoms in total. The van der Waals surface area contributed by atoms with E-state index in [1.54, 1.807) is 6.20 Å². The van der Waals surface area contributed by atoms with Crippen molar-refractivity contribution in [2.45, 2.75) is 6.54 Å². The topological polar surface area (TPSA) is 17.8 Å². The van der Waals surface area contributed by atoms with E-state index in [4.69, 9.17) is 0 Å². The van der Waals surface area contributed by atoms with Crippen molar-refractivity contribution in [3.8, 4) is 11.1 Å². The van der Waals surface area contributed by atoms with Gasteiger partial charge in [-0.2, -0.15) is 0 Å². The molecule has 18 heavy (non-hydrogen) atoms. The second-order valence-corrected chi connectivity index (χ2v) is 4.30. The first kappa shape index (κ1) is 10.8. The average Bonchev–Trinajstić information content (AvgIpc) is 2.93. The molecule has 0 bridgehead atoms. The lowest BCUT2D eigenvalue weighted by Gasteiger charge is -2.06. The molecule has 0 spiro atoms. The first-order chi connectivity index (χ1) is 8.92. The van der Waals surface area contributed by atoms with Crippen LogP contribution in [0, 0.1) is 0 Å². The number of imidazole rings is 1. The molecule has 0 fully saturated rings. The summed E-state index contributed by atoms with van der Waals surface area (Å²) < 4.78 is 2.07. The Morgan fingerprint density at radius 2 is 1.72 bits per heavy atom. The number of aromatic nitrogens is 2. The Balaban J connectivity index is 1.90. The molecular formula is C16H14N2. The first-order valence-corrected chi connectivity index (χ1v) is 6.02. The summed E-state index contributed by atoms with van der Waals surface area (Å²) in [4.78, 5) is 4.06. The Morgan fingerprint density at radius 3 is 2.50 bits per heavy atom. The van der Waals surface area contributed by atoms with Gasteiger partial charge in [-0.1, -0.05) is 48.5 Å². The van der Waals surface area contributed by atoms with Crippen LogP contribution in [0.1, 0.15) is 5.56 Å². The second-order valence-electron chi connectivity index (χ2n) is 4.30. The van der Waals surface area contributed by atoms with E-state index < -0.39 is 0 Å². The minimum absolute atomic E-state index is 0.862. The van der Waals surface area contributed by atoms with Gasteiger partial charge < -0.3 is 4.57 Å². The predicted molar refractivity (Wildman–Crippen MR) is 73.2 cm³/mol. The summed E-state index contributed by atoms with van der Waals surface area (Å²) in [5, 5.41) is 0. The molecule has 0 amide bonds. The third kappa shape index (κ3) is 2.33. The standard InChI is InChI=1S/C16H14N2/c1-2-6-15(7-3-1)16-8-4-5-14(11-16)12-18-10-9-17-13-18/h1-11,13H,12H2. The summed E-state index contributed by atoms with van der Waals surface area (Å²) in [5.41, 5.74) is 3.80. The van der Waals surface area contributed by atoms with E-state index >= 15 is 0 Å². The molecular weight excluding hydrogens is 220 g/mol. The van der Waals surface area contributed by atoms with Gasteiger partial charge in [0.1, 0.15) is 0 Å². The van der Waals surface area contributed by atoms with Crippen molar-refractivity contribution >= 4 is 0 Å². The van der Waals surface area contributed by atoms with Crippen LogP contribution in [0.5, 0.6) is 0 Å². The molecule has 2 aromatic carbocycles. The van der Waals surface area contributed by atoms with Crippen molar-refractivity contribution < 1.29 is 0 Å². The summed E-state index contributed by atoms with van der Waals surface area (Å²) in [7, 11) is 0. The molecule has 1 aromatic heterocycles. The Kier molecular flexibility index (Phi) is 2.92. The van der Waals surface area contributed by atoms with Gasteiger partial charge in [-0.15, -0.1) is 0 Å².